The minimum Gasteiger partial charge on any atom is -0.397 e. The van der Waals surface area contributed by atoms with Gasteiger partial charge in [-0.15, -0.1) is 0 Å². The van der Waals surface area contributed by atoms with E-state index in [0.717, 1.165) is 13.2 Å². The third kappa shape index (κ3) is 5.92. The van der Waals surface area contributed by atoms with Crippen molar-refractivity contribution in [2.24, 2.45) is 0 Å². The largest absolute Gasteiger partial charge is 0.397 e. The minimum absolute atomic E-state index is 0.250. The molecule has 0 aromatic heterocycles. The molecule has 2 heteroatoms. The van der Waals surface area contributed by atoms with E-state index in [0.29, 0.717) is 0 Å². The number of hydrogen-bond acceptors (Lipinski definition) is 2. The summed E-state index contributed by atoms with van der Waals surface area (Å²) >= 11 is 0. The van der Waals surface area contributed by atoms with E-state index in [-0.39, 0.29) is 6.61 Å². The molecule has 1 aliphatic rings. The lowest BCUT2D eigenvalue weighted by atomic mass is 10.4. The summed E-state index contributed by atoms with van der Waals surface area (Å²) in [4.78, 5) is 0. The predicted molar refractivity (Wildman–Crippen MR) is 32.8 cm³/mol. The van der Waals surface area contributed by atoms with Crippen molar-refractivity contribution in [2.45, 2.75) is 19.8 Å². The molecule has 1 aliphatic heterocycles. The van der Waals surface area contributed by atoms with Crippen LogP contribution in [0.3, 0.4) is 0 Å². The maximum atomic E-state index is 7.57. The minimum atomic E-state index is 0.250. The maximum absolute atomic E-state index is 7.57. The Morgan fingerprint density at radius 1 is 1.38 bits per heavy atom. The van der Waals surface area contributed by atoms with Crippen molar-refractivity contribution < 1.29 is 9.84 Å². The Balaban J connectivity index is 0.000000145. The monoisotopic (exact) mass is 118 g/mol. The molecule has 1 N–H and O–H groups in total. The van der Waals surface area contributed by atoms with Crippen LogP contribution in [0.2, 0.25) is 0 Å². The van der Waals surface area contributed by atoms with Gasteiger partial charge in [0.2, 0.25) is 0 Å². The second-order valence-corrected chi connectivity index (χ2v) is 1.64. The normalized spacial score (nSPS) is 17.2. The first kappa shape index (κ1) is 7.92. The maximum Gasteiger partial charge on any atom is 0.0466 e. The van der Waals surface area contributed by atoms with E-state index >= 15 is 0 Å². The molecule has 1 rings (SSSR count). The van der Waals surface area contributed by atoms with Crippen LogP contribution in [0.4, 0.5) is 0 Å². The zero-order valence-corrected chi connectivity index (χ0v) is 5.39. The van der Waals surface area contributed by atoms with Gasteiger partial charge in [0.25, 0.3) is 0 Å². The lowest BCUT2D eigenvalue weighted by Gasteiger charge is -1.76. The average molecular weight is 118 g/mol. The summed E-state index contributed by atoms with van der Waals surface area (Å²) in [5.41, 5.74) is 0. The van der Waals surface area contributed by atoms with Gasteiger partial charge in [-0.05, 0) is 19.8 Å². The van der Waals surface area contributed by atoms with E-state index in [1.807, 2.05) is 0 Å². The Kier molecular flexibility index (Phi) is 6.85. The molecule has 0 spiro atoms. The molecule has 50 valence electrons. The molecule has 0 radical (unpaired) electrons. The summed E-state index contributed by atoms with van der Waals surface area (Å²) < 4.78 is 4.94. The van der Waals surface area contributed by atoms with Crippen LogP contribution in [0.5, 0.6) is 0 Å². The van der Waals surface area contributed by atoms with Gasteiger partial charge in [-0.3, -0.25) is 0 Å². The molecular formula is C6H14O2. The fourth-order valence-electron chi connectivity index (χ4n) is 0.510. The summed E-state index contributed by atoms with van der Waals surface area (Å²) in [5, 5.41) is 7.57. The predicted octanol–water partition coefficient (Wildman–Crippen LogP) is 0.795. The highest BCUT2D eigenvalue weighted by atomic mass is 16.5. The Labute approximate surface area is 50.5 Å². The zero-order valence-electron chi connectivity index (χ0n) is 5.39. The van der Waals surface area contributed by atoms with Gasteiger partial charge >= 0.3 is 0 Å². The van der Waals surface area contributed by atoms with Crippen LogP contribution in [0.25, 0.3) is 0 Å². The number of rotatable bonds is 0. The summed E-state index contributed by atoms with van der Waals surface area (Å²) in [7, 11) is 0. The highest BCUT2D eigenvalue weighted by Crippen LogP contribution is 1.98. The highest BCUT2D eigenvalue weighted by Gasteiger charge is 1.94. The van der Waals surface area contributed by atoms with Crippen LogP contribution >= 0.6 is 0 Å². The fraction of sp³-hybridized carbons (Fsp3) is 1.00. The van der Waals surface area contributed by atoms with Crippen LogP contribution in [-0.4, -0.2) is 24.9 Å². The molecule has 1 saturated heterocycles. The Hall–Kier alpha value is -0.0800. The van der Waals surface area contributed by atoms with Crippen molar-refractivity contribution in [2.75, 3.05) is 19.8 Å². The third-order valence-corrected chi connectivity index (χ3v) is 0.827. The Bertz CT molecular complexity index is 25.9. The summed E-state index contributed by atoms with van der Waals surface area (Å²) in [6, 6.07) is 0. The summed E-state index contributed by atoms with van der Waals surface area (Å²) in [6.45, 7) is 3.93. The standard InChI is InChI=1S/C4H8O.C2H6O/c1-2-4-5-3-1;1-2-3/h1-4H2;3H,2H2,1H3. The highest BCUT2D eigenvalue weighted by molar-refractivity contribution is 4.43. The molecule has 1 fully saturated rings. The third-order valence-electron chi connectivity index (χ3n) is 0.827. The molecule has 0 aromatic carbocycles. The van der Waals surface area contributed by atoms with Crippen LogP contribution in [-0.2, 0) is 4.74 Å². The zero-order chi connectivity index (χ0) is 6.24. The van der Waals surface area contributed by atoms with Crippen molar-refractivity contribution in [3.05, 3.63) is 0 Å². The summed E-state index contributed by atoms with van der Waals surface area (Å²) in [5.74, 6) is 0. The average Bonchev–Trinajstić information content (AvgIpc) is 2.17. The molecular weight excluding hydrogens is 104 g/mol. The van der Waals surface area contributed by atoms with E-state index < -0.39 is 0 Å². The van der Waals surface area contributed by atoms with Crippen LogP contribution < -0.4 is 0 Å². The molecule has 0 bridgehead atoms. The number of aliphatic hydroxyl groups excluding tert-OH is 1. The molecule has 8 heavy (non-hydrogen) atoms. The van der Waals surface area contributed by atoms with Gasteiger partial charge in [-0.1, -0.05) is 0 Å². The van der Waals surface area contributed by atoms with Gasteiger partial charge in [0.05, 0.1) is 0 Å². The molecule has 2 nitrogen and oxygen atoms in total. The van der Waals surface area contributed by atoms with E-state index in [2.05, 4.69) is 0 Å². The van der Waals surface area contributed by atoms with Crippen LogP contribution in [0.15, 0.2) is 0 Å². The topological polar surface area (TPSA) is 29.5 Å². The first-order valence-corrected chi connectivity index (χ1v) is 3.10. The van der Waals surface area contributed by atoms with Crippen LogP contribution in [0, 0.1) is 0 Å². The van der Waals surface area contributed by atoms with Gasteiger partial charge in [0.15, 0.2) is 0 Å². The van der Waals surface area contributed by atoms with Crippen molar-refractivity contribution >= 4 is 0 Å². The van der Waals surface area contributed by atoms with Crippen molar-refractivity contribution in [3.8, 4) is 0 Å². The van der Waals surface area contributed by atoms with E-state index in [4.69, 9.17) is 9.84 Å². The van der Waals surface area contributed by atoms with Crippen LogP contribution in [0.1, 0.15) is 19.8 Å². The van der Waals surface area contributed by atoms with Gasteiger partial charge in [-0.25, -0.2) is 0 Å². The van der Waals surface area contributed by atoms with Gasteiger partial charge in [0, 0.05) is 19.8 Å². The number of hydrogen-bond donors (Lipinski definition) is 1. The SMILES string of the molecule is C1CCOC1.CCO. The van der Waals surface area contributed by atoms with E-state index in [1.165, 1.54) is 12.8 Å². The second-order valence-electron chi connectivity index (χ2n) is 1.64. The molecule has 0 saturated carbocycles. The first-order valence-electron chi connectivity index (χ1n) is 3.10. The van der Waals surface area contributed by atoms with Crippen molar-refractivity contribution in [1.82, 2.24) is 0 Å². The van der Waals surface area contributed by atoms with Gasteiger partial charge < -0.3 is 9.84 Å². The quantitative estimate of drug-likeness (QED) is 0.509. The number of aliphatic hydroxyl groups is 1. The van der Waals surface area contributed by atoms with E-state index in [9.17, 15) is 0 Å². The smallest absolute Gasteiger partial charge is 0.0466 e. The lowest BCUT2D eigenvalue weighted by molar-refractivity contribution is 0.198. The lowest BCUT2D eigenvalue weighted by Crippen LogP contribution is -1.74. The van der Waals surface area contributed by atoms with Gasteiger partial charge in [0.1, 0.15) is 0 Å². The molecule has 0 aromatic rings. The Morgan fingerprint density at radius 3 is 1.88 bits per heavy atom. The van der Waals surface area contributed by atoms with Crippen molar-refractivity contribution in [3.63, 3.8) is 0 Å². The summed E-state index contributed by atoms with van der Waals surface area (Å²) in [6.07, 6.45) is 2.56. The van der Waals surface area contributed by atoms with Gasteiger partial charge in [-0.2, -0.15) is 0 Å². The van der Waals surface area contributed by atoms with E-state index in [1.54, 1.807) is 6.92 Å². The fourth-order valence-corrected chi connectivity index (χ4v) is 0.510. The molecule has 0 amide bonds. The molecule has 0 atom stereocenters. The second kappa shape index (κ2) is 6.92. The molecule has 0 unspecified atom stereocenters. The van der Waals surface area contributed by atoms with Crippen molar-refractivity contribution in [1.29, 1.82) is 0 Å². The number of ether oxygens (including phenoxy) is 1. The molecule has 0 aliphatic carbocycles. The first-order chi connectivity index (χ1) is 3.91. The molecule has 1 heterocycles. The Morgan fingerprint density at radius 2 is 1.75 bits per heavy atom.